The smallest absolute Gasteiger partial charge is 0.104 e. The number of allylic oxidation sites excluding steroid dienone is 12. The van der Waals surface area contributed by atoms with Crippen molar-refractivity contribution in [2.45, 2.75) is 283 Å². The minimum Gasteiger partial charge on any atom is -0.379 e. The van der Waals surface area contributed by atoms with Crippen LogP contribution in [0.5, 0.6) is 0 Å². The number of hydrogen-bond donors (Lipinski definition) is 0. The van der Waals surface area contributed by atoms with E-state index in [1.165, 1.54) is 205 Å². The average molecular weight is 981 g/mol. The van der Waals surface area contributed by atoms with Crippen LogP contribution in [0.15, 0.2) is 72.9 Å². The van der Waals surface area contributed by atoms with Gasteiger partial charge in [-0.1, -0.05) is 222 Å². The molecule has 2 atom stereocenters. The third kappa shape index (κ3) is 58.8. The second-order valence-electron chi connectivity index (χ2n) is 20.6. The fourth-order valence-corrected chi connectivity index (χ4v) is 8.53. The molecule has 0 saturated heterocycles. The highest BCUT2D eigenvalue weighted by Crippen LogP contribution is 2.14. The van der Waals surface area contributed by atoms with Crippen molar-refractivity contribution in [2.24, 2.45) is 0 Å². The van der Waals surface area contributed by atoms with Crippen LogP contribution >= 0.6 is 0 Å². The van der Waals surface area contributed by atoms with Crippen LogP contribution in [0.25, 0.3) is 0 Å². The minimum atomic E-state index is -0.0254. The Morgan fingerprint density at radius 1 is 0.300 bits per heavy atom. The first-order valence-electron chi connectivity index (χ1n) is 30.6. The van der Waals surface area contributed by atoms with E-state index in [9.17, 15) is 0 Å². The lowest BCUT2D eigenvalue weighted by Crippen LogP contribution is -2.31. The van der Waals surface area contributed by atoms with E-state index in [-0.39, 0.29) is 12.2 Å². The maximum absolute atomic E-state index is 6.46. The largest absolute Gasteiger partial charge is 0.379 e. The Labute approximate surface area is 438 Å². The van der Waals surface area contributed by atoms with Crippen molar-refractivity contribution >= 4 is 0 Å². The van der Waals surface area contributed by atoms with Crippen LogP contribution in [0.1, 0.15) is 271 Å². The second-order valence-corrected chi connectivity index (χ2v) is 20.6. The van der Waals surface area contributed by atoms with Crippen molar-refractivity contribution in [3.05, 3.63) is 72.9 Å². The van der Waals surface area contributed by atoms with E-state index in [0.717, 1.165) is 71.3 Å². The highest BCUT2D eigenvalue weighted by atomic mass is 16.6. The highest BCUT2D eigenvalue weighted by molar-refractivity contribution is 4.94. The Morgan fingerprint density at radius 2 is 0.586 bits per heavy atom. The molecule has 0 heterocycles. The lowest BCUT2D eigenvalue weighted by atomic mass is 10.1. The molecule has 0 aromatic carbocycles. The average Bonchev–Trinajstić information content (AvgIpc) is 3.36. The summed E-state index contributed by atoms with van der Waals surface area (Å²) in [4.78, 5) is 2.25. The first kappa shape index (κ1) is 68.2. The quantitative estimate of drug-likeness (QED) is 0.0449. The van der Waals surface area contributed by atoms with Crippen molar-refractivity contribution < 1.29 is 18.9 Å². The summed E-state index contributed by atoms with van der Waals surface area (Å²) in [5, 5.41) is 0. The molecule has 0 saturated carbocycles. The summed E-state index contributed by atoms with van der Waals surface area (Å²) in [7, 11) is 4.29. The summed E-state index contributed by atoms with van der Waals surface area (Å²) < 4.78 is 25.5. The Balaban J connectivity index is 4.52. The molecule has 0 aliphatic heterocycles. The third-order valence-corrected chi connectivity index (χ3v) is 13.2. The third-order valence-electron chi connectivity index (χ3n) is 13.2. The molecule has 0 bridgehead atoms. The van der Waals surface area contributed by atoms with Crippen molar-refractivity contribution in [1.29, 1.82) is 0 Å². The molecular formula is C65H121NO4. The summed E-state index contributed by atoms with van der Waals surface area (Å²) in [6.45, 7) is 12.0. The number of rotatable bonds is 58. The zero-order valence-electron chi connectivity index (χ0n) is 47.7. The molecule has 70 heavy (non-hydrogen) atoms. The van der Waals surface area contributed by atoms with Crippen molar-refractivity contribution in [3.63, 3.8) is 0 Å². The fourth-order valence-electron chi connectivity index (χ4n) is 8.53. The Morgan fingerprint density at radius 3 is 0.943 bits per heavy atom. The maximum atomic E-state index is 6.46. The summed E-state index contributed by atoms with van der Waals surface area (Å²) in [5.41, 5.74) is 0. The monoisotopic (exact) mass is 980 g/mol. The highest BCUT2D eigenvalue weighted by Gasteiger charge is 2.15. The van der Waals surface area contributed by atoms with E-state index in [2.05, 4.69) is 113 Å². The number of unbranched alkanes of at least 4 members (excludes halogenated alkanes) is 29. The lowest BCUT2D eigenvalue weighted by Gasteiger charge is -2.23. The number of ether oxygens (including phenoxy) is 4. The Hall–Kier alpha value is -1.76. The minimum absolute atomic E-state index is 0.0254. The molecule has 0 aliphatic rings. The van der Waals surface area contributed by atoms with Gasteiger partial charge in [0.05, 0.1) is 25.9 Å². The summed E-state index contributed by atoms with van der Waals surface area (Å²) in [5.74, 6) is 0. The first-order chi connectivity index (χ1) is 34.6. The van der Waals surface area contributed by atoms with Crippen LogP contribution in [-0.2, 0) is 18.9 Å². The lowest BCUT2D eigenvalue weighted by molar-refractivity contribution is -0.0836. The van der Waals surface area contributed by atoms with Gasteiger partial charge in [0.2, 0.25) is 0 Å². The van der Waals surface area contributed by atoms with Gasteiger partial charge in [-0.15, -0.1) is 0 Å². The molecular weight excluding hydrogens is 859 g/mol. The molecule has 2 unspecified atom stereocenters. The molecule has 0 N–H and O–H groups in total. The zero-order valence-corrected chi connectivity index (χ0v) is 47.7. The summed E-state index contributed by atoms with van der Waals surface area (Å²) in [6.07, 6.45) is 77.6. The van der Waals surface area contributed by atoms with Crippen LogP contribution in [0.3, 0.4) is 0 Å². The van der Waals surface area contributed by atoms with Crippen molar-refractivity contribution in [3.8, 4) is 0 Å². The summed E-state index contributed by atoms with van der Waals surface area (Å²) in [6, 6.07) is 0. The van der Waals surface area contributed by atoms with Gasteiger partial charge < -0.3 is 23.8 Å². The molecule has 0 aromatic heterocycles. The topological polar surface area (TPSA) is 40.2 Å². The predicted octanol–water partition coefficient (Wildman–Crippen LogP) is 20.0. The van der Waals surface area contributed by atoms with E-state index in [1.54, 1.807) is 0 Å². The standard InChI is InChI=1S/C65H121NO4/c1-6-9-12-15-18-21-24-27-30-33-34-37-40-43-46-49-52-55-60-70-65(62-67-58-53-50-47-44-41-38-35-31-28-25-22-19-16-13-10-7-2)63-68-61-64(56-57-66(4)5)69-59-54-51-48-45-42-39-36-32-29-26-23-20-17-14-11-8-3/h18-23,27-32,64-65H,6-17,24-26,33-63H2,1-5H3/b21-18-,22-19-,23-20-,30-27-,31-28-,32-29-. The molecule has 0 aliphatic carbocycles. The van der Waals surface area contributed by atoms with Crippen molar-refractivity contribution in [1.82, 2.24) is 4.90 Å². The van der Waals surface area contributed by atoms with Crippen molar-refractivity contribution in [2.75, 3.05) is 60.3 Å². The van der Waals surface area contributed by atoms with Gasteiger partial charge in [-0.05, 0) is 136 Å². The second kappa shape index (κ2) is 61.5. The fraction of sp³-hybridized carbons (Fsp3) is 0.815. The van der Waals surface area contributed by atoms with E-state index >= 15 is 0 Å². The Bertz CT molecular complexity index is 1160. The van der Waals surface area contributed by atoms with E-state index < -0.39 is 0 Å². The van der Waals surface area contributed by atoms with Gasteiger partial charge in [0, 0.05) is 26.4 Å². The Kier molecular flexibility index (Phi) is 60.0. The van der Waals surface area contributed by atoms with Gasteiger partial charge >= 0.3 is 0 Å². The molecule has 0 aromatic rings. The predicted molar refractivity (Wildman–Crippen MR) is 312 cm³/mol. The number of hydrogen-bond acceptors (Lipinski definition) is 5. The normalized spacial score (nSPS) is 13.5. The molecule has 0 fully saturated rings. The number of nitrogens with zero attached hydrogens (tertiary/aromatic N) is 1. The van der Waals surface area contributed by atoms with Gasteiger partial charge in [0.15, 0.2) is 0 Å². The van der Waals surface area contributed by atoms with Gasteiger partial charge in [0.1, 0.15) is 6.10 Å². The molecule has 0 amide bonds. The molecule has 0 spiro atoms. The SMILES string of the molecule is CCCCC/C=C\C/C=C\CCCCCCCCCCOC(COCCCCCCCC/C=C\C/C=C\CCCCC)COCC(CCN(C)C)OCCCCCCCC/C=C\C/C=C\CCCCC. The maximum Gasteiger partial charge on any atom is 0.104 e. The van der Waals surface area contributed by atoms with E-state index in [0.29, 0.717) is 19.8 Å². The molecule has 0 rings (SSSR count). The molecule has 5 nitrogen and oxygen atoms in total. The zero-order chi connectivity index (χ0) is 50.6. The van der Waals surface area contributed by atoms with Crippen LogP contribution in [0.2, 0.25) is 0 Å². The molecule has 0 radical (unpaired) electrons. The van der Waals surface area contributed by atoms with Gasteiger partial charge in [-0.2, -0.15) is 0 Å². The van der Waals surface area contributed by atoms with Crippen LogP contribution < -0.4 is 0 Å². The summed E-state index contributed by atoms with van der Waals surface area (Å²) >= 11 is 0. The van der Waals surface area contributed by atoms with Crippen LogP contribution in [-0.4, -0.2) is 77.4 Å². The van der Waals surface area contributed by atoms with Gasteiger partial charge in [-0.3, -0.25) is 0 Å². The van der Waals surface area contributed by atoms with E-state index in [1.807, 2.05) is 0 Å². The van der Waals surface area contributed by atoms with Gasteiger partial charge in [-0.25, -0.2) is 0 Å². The van der Waals surface area contributed by atoms with Crippen LogP contribution in [0.4, 0.5) is 0 Å². The molecule has 410 valence electrons. The van der Waals surface area contributed by atoms with Crippen LogP contribution in [0, 0.1) is 0 Å². The van der Waals surface area contributed by atoms with Gasteiger partial charge in [0.25, 0.3) is 0 Å². The molecule has 5 heteroatoms. The first-order valence-corrected chi connectivity index (χ1v) is 30.6. The van der Waals surface area contributed by atoms with E-state index in [4.69, 9.17) is 18.9 Å².